The van der Waals surface area contributed by atoms with Crippen LogP contribution in [0, 0.1) is 5.82 Å². The number of hydrogen-bond acceptors (Lipinski definition) is 4. The fourth-order valence-electron chi connectivity index (χ4n) is 1.99. The zero-order chi connectivity index (χ0) is 13.4. The lowest BCUT2D eigenvalue weighted by Crippen LogP contribution is -2.28. The third-order valence-electron chi connectivity index (χ3n) is 2.87. The van der Waals surface area contributed by atoms with E-state index in [4.69, 9.17) is 10.3 Å². The average molecular weight is 341 g/mol. The molecular formula is C13H10BrFN2OS. The average Bonchev–Trinajstić information content (AvgIpc) is 2.99. The number of furan rings is 1. The van der Waals surface area contributed by atoms with E-state index in [1.54, 1.807) is 23.5 Å². The molecule has 1 aromatic carbocycles. The first-order chi connectivity index (χ1) is 9.20. The lowest BCUT2D eigenvalue weighted by atomic mass is 10.2. The van der Waals surface area contributed by atoms with Crippen molar-refractivity contribution in [1.29, 1.82) is 0 Å². The van der Waals surface area contributed by atoms with Crippen LogP contribution < -0.4 is 11.3 Å². The summed E-state index contributed by atoms with van der Waals surface area (Å²) in [5, 5.41) is 2.68. The van der Waals surface area contributed by atoms with Crippen molar-refractivity contribution in [1.82, 2.24) is 5.43 Å². The fourth-order valence-corrected chi connectivity index (χ4v) is 3.66. The SMILES string of the molecule is NNC(c1cc2cccc(F)c2o1)c1sccc1Br. The molecule has 3 N–H and O–H groups in total. The molecular weight excluding hydrogens is 331 g/mol. The van der Waals surface area contributed by atoms with Gasteiger partial charge in [0.2, 0.25) is 0 Å². The summed E-state index contributed by atoms with van der Waals surface area (Å²) in [7, 11) is 0. The quantitative estimate of drug-likeness (QED) is 0.560. The number of hydrogen-bond donors (Lipinski definition) is 2. The number of fused-ring (bicyclic) bond motifs is 1. The summed E-state index contributed by atoms with van der Waals surface area (Å²) in [6.45, 7) is 0. The summed E-state index contributed by atoms with van der Waals surface area (Å²) in [6.07, 6.45) is 0. The Morgan fingerprint density at radius 3 is 2.84 bits per heavy atom. The Bertz CT molecular complexity index is 724. The highest BCUT2D eigenvalue weighted by Gasteiger charge is 2.21. The molecule has 2 heterocycles. The van der Waals surface area contributed by atoms with E-state index < -0.39 is 0 Å². The molecule has 0 spiro atoms. The minimum Gasteiger partial charge on any atom is -0.456 e. The highest BCUT2D eigenvalue weighted by Crippen LogP contribution is 2.35. The molecule has 6 heteroatoms. The normalized spacial score (nSPS) is 13.0. The highest BCUT2D eigenvalue weighted by molar-refractivity contribution is 9.10. The smallest absolute Gasteiger partial charge is 0.169 e. The maximum Gasteiger partial charge on any atom is 0.169 e. The first kappa shape index (κ1) is 12.8. The molecule has 1 atom stereocenters. The molecule has 3 rings (SSSR count). The van der Waals surface area contributed by atoms with Gasteiger partial charge < -0.3 is 4.42 Å². The van der Waals surface area contributed by atoms with Gasteiger partial charge >= 0.3 is 0 Å². The number of para-hydroxylation sites is 1. The van der Waals surface area contributed by atoms with Crippen molar-refractivity contribution >= 4 is 38.2 Å². The third-order valence-corrected chi connectivity index (χ3v) is 4.81. The van der Waals surface area contributed by atoms with Crippen LogP contribution in [0.5, 0.6) is 0 Å². The molecule has 3 aromatic rings. The first-order valence-electron chi connectivity index (χ1n) is 5.57. The van der Waals surface area contributed by atoms with Crippen molar-refractivity contribution in [2.75, 3.05) is 0 Å². The summed E-state index contributed by atoms with van der Waals surface area (Å²) in [5.74, 6) is 5.82. The van der Waals surface area contributed by atoms with Crippen LogP contribution in [0.3, 0.4) is 0 Å². The van der Waals surface area contributed by atoms with Gasteiger partial charge in [0.25, 0.3) is 0 Å². The van der Waals surface area contributed by atoms with Gasteiger partial charge in [-0.15, -0.1) is 11.3 Å². The summed E-state index contributed by atoms with van der Waals surface area (Å²) >= 11 is 5.01. The van der Waals surface area contributed by atoms with Crippen LogP contribution in [0.2, 0.25) is 0 Å². The van der Waals surface area contributed by atoms with Gasteiger partial charge in [0, 0.05) is 14.7 Å². The summed E-state index contributed by atoms with van der Waals surface area (Å²) in [5.41, 5.74) is 2.96. The van der Waals surface area contributed by atoms with Gasteiger partial charge in [0.1, 0.15) is 11.8 Å². The van der Waals surface area contributed by atoms with Gasteiger partial charge in [-0.2, -0.15) is 0 Å². The lowest BCUT2D eigenvalue weighted by molar-refractivity contribution is 0.467. The maximum atomic E-state index is 13.6. The minimum atomic E-state index is -0.371. The molecule has 0 saturated heterocycles. The van der Waals surface area contributed by atoms with Crippen LogP contribution >= 0.6 is 27.3 Å². The van der Waals surface area contributed by atoms with Gasteiger partial charge in [-0.1, -0.05) is 12.1 Å². The topological polar surface area (TPSA) is 51.2 Å². The summed E-state index contributed by atoms with van der Waals surface area (Å²) in [4.78, 5) is 0.988. The summed E-state index contributed by atoms with van der Waals surface area (Å²) < 4.78 is 20.2. The molecule has 3 nitrogen and oxygen atoms in total. The van der Waals surface area contributed by atoms with E-state index in [2.05, 4.69) is 21.4 Å². The molecule has 1 unspecified atom stereocenters. The molecule has 0 aliphatic rings. The Balaban J connectivity index is 2.12. The van der Waals surface area contributed by atoms with E-state index >= 15 is 0 Å². The van der Waals surface area contributed by atoms with E-state index in [0.717, 1.165) is 14.7 Å². The molecule has 0 fully saturated rings. The van der Waals surface area contributed by atoms with Crippen LogP contribution in [-0.4, -0.2) is 0 Å². The van der Waals surface area contributed by atoms with Crippen molar-refractivity contribution in [2.45, 2.75) is 6.04 Å². The van der Waals surface area contributed by atoms with E-state index in [-0.39, 0.29) is 17.4 Å². The predicted octanol–water partition coefficient (Wildman–Crippen LogP) is 3.95. The second kappa shape index (κ2) is 5.05. The van der Waals surface area contributed by atoms with Crippen LogP contribution in [0.4, 0.5) is 4.39 Å². The molecule has 19 heavy (non-hydrogen) atoms. The molecule has 0 radical (unpaired) electrons. The van der Waals surface area contributed by atoms with Crippen LogP contribution in [0.1, 0.15) is 16.7 Å². The van der Waals surface area contributed by atoms with Gasteiger partial charge in [-0.05, 0) is 39.5 Å². The van der Waals surface area contributed by atoms with E-state index in [9.17, 15) is 4.39 Å². The Labute approximate surface area is 121 Å². The molecule has 0 bridgehead atoms. The molecule has 0 aliphatic heterocycles. The number of nitrogens with two attached hydrogens (primary N) is 1. The van der Waals surface area contributed by atoms with Crippen molar-refractivity contribution in [3.63, 3.8) is 0 Å². The maximum absolute atomic E-state index is 13.6. The van der Waals surface area contributed by atoms with Gasteiger partial charge in [0.15, 0.2) is 11.4 Å². The number of nitrogens with one attached hydrogen (secondary N) is 1. The Hall–Kier alpha value is -1.21. The fraction of sp³-hybridized carbons (Fsp3) is 0.0769. The second-order valence-corrected chi connectivity index (χ2v) is 5.84. The van der Waals surface area contributed by atoms with Crippen molar-refractivity contribution in [3.8, 4) is 0 Å². The van der Waals surface area contributed by atoms with Gasteiger partial charge in [0.05, 0.1) is 0 Å². The standard InChI is InChI=1S/C13H10BrFN2OS/c14-8-4-5-19-13(8)11(17-16)10-6-7-2-1-3-9(15)12(7)18-10/h1-6,11,17H,16H2. The van der Waals surface area contributed by atoms with Crippen LogP contribution in [-0.2, 0) is 0 Å². The van der Waals surface area contributed by atoms with E-state index in [0.29, 0.717) is 5.76 Å². The molecule has 98 valence electrons. The van der Waals surface area contributed by atoms with Gasteiger partial charge in [-0.3, -0.25) is 5.84 Å². The predicted molar refractivity (Wildman–Crippen MR) is 77.4 cm³/mol. The molecule has 0 aliphatic carbocycles. The van der Waals surface area contributed by atoms with Crippen LogP contribution in [0.25, 0.3) is 11.0 Å². The van der Waals surface area contributed by atoms with Crippen molar-refractivity contribution in [2.24, 2.45) is 5.84 Å². The van der Waals surface area contributed by atoms with Crippen LogP contribution in [0.15, 0.2) is 44.6 Å². The zero-order valence-electron chi connectivity index (χ0n) is 9.69. The largest absolute Gasteiger partial charge is 0.456 e. The zero-order valence-corrected chi connectivity index (χ0v) is 12.1. The number of benzene rings is 1. The number of thiophene rings is 1. The Morgan fingerprint density at radius 2 is 2.21 bits per heavy atom. The second-order valence-electron chi connectivity index (χ2n) is 4.04. The van der Waals surface area contributed by atoms with Crippen molar-refractivity contribution < 1.29 is 8.81 Å². The Kier molecular flexibility index (Phi) is 3.40. The highest BCUT2D eigenvalue weighted by atomic mass is 79.9. The molecule has 2 aromatic heterocycles. The van der Waals surface area contributed by atoms with E-state index in [1.807, 2.05) is 17.5 Å². The first-order valence-corrected chi connectivity index (χ1v) is 7.25. The number of rotatable bonds is 3. The lowest BCUT2D eigenvalue weighted by Gasteiger charge is -2.11. The molecule has 0 saturated carbocycles. The molecule has 0 amide bonds. The Morgan fingerprint density at radius 1 is 1.37 bits per heavy atom. The van der Waals surface area contributed by atoms with Crippen molar-refractivity contribution in [3.05, 3.63) is 56.6 Å². The van der Waals surface area contributed by atoms with Gasteiger partial charge in [-0.25, -0.2) is 9.82 Å². The minimum absolute atomic E-state index is 0.255. The van der Waals surface area contributed by atoms with E-state index in [1.165, 1.54) is 6.07 Å². The number of hydrazine groups is 1. The number of halogens is 2. The summed E-state index contributed by atoms with van der Waals surface area (Å²) in [6, 6.07) is 8.27. The third kappa shape index (κ3) is 2.21. The monoisotopic (exact) mass is 340 g/mol.